The quantitative estimate of drug-likeness (QED) is 0.119. The highest BCUT2D eigenvalue weighted by Gasteiger charge is 2.70. The molecule has 0 aromatic heterocycles. The summed E-state index contributed by atoms with van der Waals surface area (Å²) in [6.45, 7) is 16.9. The van der Waals surface area contributed by atoms with Crippen molar-refractivity contribution >= 4 is 5.97 Å². The van der Waals surface area contributed by atoms with Crippen LogP contribution in [0.1, 0.15) is 120 Å². The van der Waals surface area contributed by atoms with Crippen LogP contribution in [0.25, 0.3) is 0 Å². The predicted octanol–water partition coefficient (Wildman–Crippen LogP) is 2.37. The average Bonchev–Trinajstić information content (AvgIpc) is 3.52. The summed E-state index contributed by atoms with van der Waals surface area (Å²) in [5, 5.41) is 96.2. The maximum Gasteiger partial charge on any atom is 0.310 e. The molecule has 4 saturated carbocycles. The van der Waals surface area contributed by atoms with Crippen LogP contribution in [0.2, 0.25) is 0 Å². The fourth-order valence-corrected chi connectivity index (χ4v) is 14.8. The van der Waals surface area contributed by atoms with Gasteiger partial charge in [0.05, 0.1) is 30.8 Å². The van der Waals surface area contributed by atoms with Crippen LogP contribution in [0.4, 0.5) is 0 Å². The number of aliphatic hydroxyl groups is 8. The molecule has 63 heavy (non-hydrogen) atoms. The Balaban J connectivity index is 0.999. The lowest BCUT2D eigenvalue weighted by Crippen LogP contribution is -2.66. The van der Waals surface area contributed by atoms with Crippen molar-refractivity contribution in [1.82, 2.24) is 0 Å². The van der Waals surface area contributed by atoms with Gasteiger partial charge in [-0.15, -0.1) is 0 Å². The van der Waals surface area contributed by atoms with Crippen molar-refractivity contribution in [3.05, 3.63) is 11.6 Å². The summed E-state index contributed by atoms with van der Waals surface area (Å²) >= 11 is 0. The fourth-order valence-electron chi connectivity index (χ4n) is 14.8. The first-order valence-electron chi connectivity index (χ1n) is 23.6. The van der Waals surface area contributed by atoms with Crippen molar-refractivity contribution < 1.29 is 79.2 Å². The van der Waals surface area contributed by atoms with E-state index in [1.165, 1.54) is 5.57 Å². The molecule has 3 saturated heterocycles. The molecule has 16 nitrogen and oxygen atoms in total. The number of carboxylic acids is 1. The smallest absolute Gasteiger partial charge is 0.310 e. The molecule has 0 unspecified atom stereocenters. The molecule has 8 rings (SSSR count). The van der Waals surface area contributed by atoms with Gasteiger partial charge in [0.25, 0.3) is 0 Å². The number of fused-ring (bicyclic) bond motifs is 7. The van der Waals surface area contributed by atoms with Crippen molar-refractivity contribution in [2.75, 3.05) is 13.2 Å². The van der Waals surface area contributed by atoms with E-state index in [1.807, 2.05) is 0 Å². The van der Waals surface area contributed by atoms with E-state index in [1.54, 1.807) is 6.92 Å². The lowest BCUT2D eigenvalue weighted by Gasteiger charge is -2.71. The molecule has 3 aliphatic heterocycles. The number of ether oxygens (including phenoxy) is 6. The van der Waals surface area contributed by atoms with Gasteiger partial charge >= 0.3 is 5.97 Å². The van der Waals surface area contributed by atoms with Crippen LogP contribution in [-0.2, 0) is 33.2 Å². The molecule has 360 valence electrons. The fraction of sp³-hybridized carbons (Fsp3) is 0.936. The molecule has 0 spiro atoms. The van der Waals surface area contributed by atoms with Gasteiger partial charge in [0.2, 0.25) is 0 Å². The topological polar surface area (TPSA) is 255 Å². The van der Waals surface area contributed by atoms with Crippen LogP contribution in [0.5, 0.6) is 0 Å². The Kier molecular flexibility index (Phi) is 12.8. The van der Waals surface area contributed by atoms with Crippen LogP contribution in [0, 0.1) is 50.2 Å². The third-order valence-electron chi connectivity index (χ3n) is 18.9. The first kappa shape index (κ1) is 48.1. The van der Waals surface area contributed by atoms with E-state index in [0.717, 1.165) is 51.4 Å². The number of allylic oxidation sites excluding steroid dienone is 2. The zero-order valence-electron chi connectivity index (χ0n) is 38.3. The Hall–Kier alpha value is -1.35. The predicted molar refractivity (Wildman–Crippen MR) is 223 cm³/mol. The summed E-state index contributed by atoms with van der Waals surface area (Å²) < 4.78 is 36.2. The number of carbonyl (C=O) groups is 1. The molecule has 7 fully saturated rings. The van der Waals surface area contributed by atoms with E-state index in [-0.39, 0.29) is 45.0 Å². The van der Waals surface area contributed by atoms with Crippen LogP contribution in [0.3, 0.4) is 0 Å². The number of rotatable bonds is 9. The average molecular weight is 897 g/mol. The Morgan fingerprint density at radius 2 is 1.44 bits per heavy atom. The Morgan fingerprint density at radius 1 is 0.762 bits per heavy atom. The van der Waals surface area contributed by atoms with Gasteiger partial charge in [-0.3, -0.25) is 4.79 Å². The summed E-state index contributed by atoms with van der Waals surface area (Å²) in [4.78, 5) is 13.1. The highest BCUT2D eigenvalue weighted by atomic mass is 16.8. The molecule has 3 heterocycles. The maximum atomic E-state index is 13.1. The first-order valence-corrected chi connectivity index (χ1v) is 23.6. The molecule has 0 radical (unpaired) electrons. The molecule has 22 atom stereocenters. The number of aliphatic carboxylic acids is 1. The lowest BCUT2D eigenvalue weighted by atomic mass is 9.33. The molecule has 5 aliphatic carbocycles. The Bertz CT molecular complexity index is 1720. The normalized spacial score (nSPS) is 53.3. The number of aliphatic hydroxyl groups excluding tert-OH is 8. The molecule has 16 heteroatoms. The Morgan fingerprint density at radius 3 is 2.13 bits per heavy atom. The van der Waals surface area contributed by atoms with Crippen LogP contribution in [-0.4, -0.2) is 157 Å². The molecule has 8 aliphatic rings. The van der Waals surface area contributed by atoms with Gasteiger partial charge in [-0.05, 0) is 116 Å². The van der Waals surface area contributed by atoms with Crippen molar-refractivity contribution in [3.63, 3.8) is 0 Å². The minimum atomic E-state index is -1.73. The molecule has 0 amide bonds. The first-order chi connectivity index (χ1) is 29.4. The van der Waals surface area contributed by atoms with E-state index in [0.29, 0.717) is 18.8 Å². The molecule has 0 aromatic carbocycles. The van der Waals surface area contributed by atoms with E-state index in [2.05, 4.69) is 54.5 Å². The molecule has 0 aromatic rings. The SMILES string of the molecule is C[C@@H]1O[C@@H](O[C@H]2CC[C@]3(C)[C@H]4CC=C5[C@@H]6CC(C)(C)CC[C@]6(C(=O)O)CC[C@@]5(C)[C@]4(C)CC[C@H]3C2(C)C)[C@@H](O)[C@H](O[C@H]2O[C@H]([C@H](O)CO)[C@H](O)[C@H]2O[C@@H]2OC[C@@H](O)[C@H](O)[C@H]2O)[C@@H]1O. The van der Waals surface area contributed by atoms with Crippen molar-refractivity contribution in [2.24, 2.45) is 50.2 Å². The van der Waals surface area contributed by atoms with Crippen LogP contribution >= 0.6 is 0 Å². The minimum Gasteiger partial charge on any atom is -0.481 e. The van der Waals surface area contributed by atoms with E-state index in [9.17, 15) is 50.8 Å². The summed E-state index contributed by atoms with van der Waals surface area (Å²) in [6, 6.07) is 0. The van der Waals surface area contributed by atoms with Gasteiger partial charge < -0.3 is 74.4 Å². The number of carboxylic acid groups (broad SMARTS) is 1. The Labute approximate surface area is 371 Å². The molecule has 0 bridgehead atoms. The van der Waals surface area contributed by atoms with Gasteiger partial charge in [0.15, 0.2) is 18.9 Å². The van der Waals surface area contributed by atoms with Crippen molar-refractivity contribution in [3.8, 4) is 0 Å². The monoisotopic (exact) mass is 897 g/mol. The summed E-state index contributed by atoms with van der Waals surface area (Å²) in [5.41, 5.74) is 0.227. The van der Waals surface area contributed by atoms with Gasteiger partial charge in [-0.2, -0.15) is 0 Å². The second-order valence-corrected chi connectivity index (χ2v) is 23.0. The minimum absolute atomic E-state index is 0.0247. The van der Waals surface area contributed by atoms with Gasteiger partial charge in [-0.1, -0.05) is 60.1 Å². The summed E-state index contributed by atoms with van der Waals surface area (Å²) in [7, 11) is 0. The lowest BCUT2D eigenvalue weighted by molar-refractivity contribution is -0.352. The highest BCUT2D eigenvalue weighted by molar-refractivity contribution is 5.76. The third kappa shape index (κ3) is 7.51. The molecular formula is C47H76O16. The largest absolute Gasteiger partial charge is 0.481 e. The van der Waals surface area contributed by atoms with Crippen molar-refractivity contribution in [1.29, 1.82) is 0 Å². The van der Waals surface area contributed by atoms with E-state index in [4.69, 9.17) is 28.4 Å². The van der Waals surface area contributed by atoms with Crippen LogP contribution < -0.4 is 0 Å². The molecular weight excluding hydrogens is 821 g/mol. The second kappa shape index (κ2) is 16.7. The highest BCUT2D eigenvalue weighted by Crippen LogP contribution is 2.76. The zero-order chi connectivity index (χ0) is 46.0. The van der Waals surface area contributed by atoms with Crippen LogP contribution in [0.15, 0.2) is 11.6 Å². The van der Waals surface area contributed by atoms with E-state index < -0.39 is 111 Å². The maximum absolute atomic E-state index is 13.1. The standard InChI is InChI=1S/C47H76O16/c1-22-30(51)36(62-40-37(33(54)35(61-40)25(49)20-48)63-38-32(53)31(52)26(50)21-58-38)34(55)39(59-22)60-29-12-13-44(6)27(43(29,4)5)11-14-46(8)28(44)10-9-23-24-19-42(2,3)15-17-47(24,41(56)57)18-16-45(23,46)7/h9,22,24-40,48-55H,10-21H2,1-8H3,(H,56,57)/t22-,24-,25+,26+,27-,28+,29-,30+,31-,32+,33-,34-,35+,36+,37+,38-,39-,40+,44-,45+,46+,47-/m0/s1. The van der Waals surface area contributed by atoms with E-state index >= 15 is 0 Å². The number of hydrogen-bond acceptors (Lipinski definition) is 15. The zero-order valence-corrected chi connectivity index (χ0v) is 38.3. The second-order valence-electron chi connectivity index (χ2n) is 23.0. The summed E-state index contributed by atoms with van der Waals surface area (Å²) in [6.07, 6.45) is -9.91. The van der Waals surface area contributed by atoms with Crippen molar-refractivity contribution in [2.45, 2.75) is 212 Å². The molecule has 9 N–H and O–H groups in total. The van der Waals surface area contributed by atoms with Gasteiger partial charge in [-0.25, -0.2) is 0 Å². The number of hydrogen-bond donors (Lipinski definition) is 9. The van der Waals surface area contributed by atoms with Gasteiger partial charge in [0, 0.05) is 0 Å². The third-order valence-corrected chi connectivity index (χ3v) is 18.9. The summed E-state index contributed by atoms with van der Waals surface area (Å²) in [5.74, 6) is 0.0314. The van der Waals surface area contributed by atoms with Gasteiger partial charge in [0.1, 0.15) is 61.0 Å².